The normalized spacial score (nSPS) is 14.4. The fraction of sp³-hybridized carbons (Fsp3) is 0.308. The topological polar surface area (TPSA) is 68.0 Å². The molecule has 1 heterocycles. The summed E-state index contributed by atoms with van der Waals surface area (Å²) < 4.78 is 18.1. The molecule has 0 unspecified atom stereocenters. The Morgan fingerprint density at radius 2 is 2.26 bits per heavy atom. The molecular formula is C13H12FN3O2. The number of hydrogen-bond donors (Lipinski definition) is 1. The minimum atomic E-state index is -0.361. The highest BCUT2D eigenvalue weighted by Crippen LogP contribution is 2.21. The van der Waals surface area contributed by atoms with Gasteiger partial charge in [-0.3, -0.25) is 4.79 Å². The number of aryl methyl sites for hydroxylation is 1. The van der Waals surface area contributed by atoms with Gasteiger partial charge in [0.2, 0.25) is 5.82 Å². The highest BCUT2D eigenvalue weighted by atomic mass is 19.1. The van der Waals surface area contributed by atoms with Gasteiger partial charge in [-0.2, -0.15) is 4.98 Å². The van der Waals surface area contributed by atoms with Gasteiger partial charge in [-0.05, 0) is 43.5 Å². The number of hydrogen-bond acceptors (Lipinski definition) is 4. The molecule has 5 nitrogen and oxygen atoms in total. The van der Waals surface area contributed by atoms with Crippen molar-refractivity contribution in [3.05, 3.63) is 35.5 Å². The van der Waals surface area contributed by atoms with Crippen molar-refractivity contribution in [2.75, 3.05) is 0 Å². The minimum absolute atomic E-state index is 0.0659. The Bertz CT molecular complexity index is 635. The third kappa shape index (κ3) is 2.47. The predicted molar refractivity (Wildman–Crippen MR) is 64.9 cm³/mol. The van der Waals surface area contributed by atoms with Gasteiger partial charge < -0.3 is 9.84 Å². The molecule has 0 aliphatic heterocycles. The number of halogens is 1. The number of carbonyl (C=O) groups excluding carboxylic acids is 1. The lowest BCUT2D eigenvalue weighted by Crippen LogP contribution is -2.25. The van der Waals surface area contributed by atoms with Crippen LogP contribution < -0.4 is 5.32 Å². The molecule has 1 aliphatic carbocycles. The summed E-state index contributed by atoms with van der Waals surface area (Å²) in [6.45, 7) is 1.65. The molecule has 1 amide bonds. The zero-order valence-electron chi connectivity index (χ0n) is 10.3. The minimum Gasteiger partial charge on any atom is -0.345 e. The van der Waals surface area contributed by atoms with E-state index in [1.165, 1.54) is 6.07 Å². The monoisotopic (exact) mass is 261 g/mol. The van der Waals surface area contributed by atoms with Crippen LogP contribution in [0.15, 0.2) is 22.7 Å². The van der Waals surface area contributed by atoms with Crippen LogP contribution in [0.5, 0.6) is 0 Å². The van der Waals surface area contributed by atoms with Gasteiger partial charge >= 0.3 is 11.8 Å². The van der Waals surface area contributed by atoms with E-state index in [0.717, 1.165) is 12.8 Å². The van der Waals surface area contributed by atoms with Crippen LogP contribution in [0.4, 0.5) is 4.39 Å². The first kappa shape index (κ1) is 11.8. The van der Waals surface area contributed by atoms with E-state index < -0.39 is 0 Å². The molecule has 1 fully saturated rings. The van der Waals surface area contributed by atoms with Crippen LogP contribution in [0.3, 0.4) is 0 Å². The Balaban J connectivity index is 1.83. The fourth-order valence-corrected chi connectivity index (χ4v) is 1.69. The molecule has 19 heavy (non-hydrogen) atoms. The average molecular weight is 261 g/mol. The summed E-state index contributed by atoms with van der Waals surface area (Å²) in [5.41, 5.74) is 1.11. The maximum absolute atomic E-state index is 13.2. The number of nitrogens with zero attached hydrogens (tertiary/aromatic N) is 2. The van der Waals surface area contributed by atoms with Crippen molar-refractivity contribution >= 4 is 5.91 Å². The van der Waals surface area contributed by atoms with Crippen molar-refractivity contribution in [3.63, 3.8) is 0 Å². The molecule has 1 aromatic heterocycles. The van der Waals surface area contributed by atoms with Gasteiger partial charge in [-0.1, -0.05) is 5.16 Å². The lowest BCUT2D eigenvalue weighted by Gasteiger charge is -1.98. The van der Waals surface area contributed by atoms with Gasteiger partial charge in [0, 0.05) is 11.6 Å². The SMILES string of the molecule is Cc1cc(-c2noc(C(=O)NC3CC3)n2)ccc1F. The largest absolute Gasteiger partial charge is 0.345 e. The average Bonchev–Trinajstić information content (AvgIpc) is 3.06. The first-order chi connectivity index (χ1) is 9.13. The molecule has 1 N–H and O–H groups in total. The van der Waals surface area contributed by atoms with Crippen molar-refractivity contribution in [3.8, 4) is 11.4 Å². The predicted octanol–water partition coefficient (Wildman–Crippen LogP) is 2.08. The molecule has 1 aromatic carbocycles. The van der Waals surface area contributed by atoms with Crippen molar-refractivity contribution in [1.29, 1.82) is 0 Å². The van der Waals surface area contributed by atoms with Gasteiger partial charge in [0.15, 0.2) is 0 Å². The molecule has 0 spiro atoms. The molecular weight excluding hydrogens is 249 g/mol. The van der Waals surface area contributed by atoms with E-state index in [4.69, 9.17) is 4.52 Å². The molecule has 2 aromatic rings. The second kappa shape index (κ2) is 4.46. The number of amides is 1. The molecule has 0 radical (unpaired) electrons. The van der Waals surface area contributed by atoms with E-state index in [1.54, 1.807) is 19.1 Å². The van der Waals surface area contributed by atoms with Gasteiger partial charge in [0.05, 0.1) is 0 Å². The zero-order chi connectivity index (χ0) is 13.4. The highest BCUT2D eigenvalue weighted by Gasteiger charge is 2.26. The molecule has 1 aliphatic rings. The van der Waals surface area contributed by atoms with Crippen LogP contribution >= 0.6 is 0 Å². The Labute approximate surface area is 108 Å². The van der Waals surface area contributed by atoms with Gasteiger partial charge in [0.1, 0.15) is 5.82 Å². The summed E-state index contributed by atoms with van der Waals surface area (Å²) >= 11 is 0. The number of rotatable bonds is 3. The van der Waals surface area contributed by atoms with Gasteiger partial charge in [0.25, 0.3) is 0 Å². The summed E-state index contributed by atoms with van der Waals surface area (Å²) in [5, 5.41) is 6.50. The number of benzene rings is 1. The van der Waals surface area contributed by atoms with E-state index in [-0.39, 0.29) is 29.5 Å². The van der Waals surface area contributed by atoms with E-state index in [9.17, 15) is 9.18 Å². The molecule has 0 bridgehead atoms. The summed E-state index contributed by atoms with van der Waals surface area (Å²) in [6.07, 6.45) is 1.98. The maximum atomic E-state index is 13.2. The number of carbonyl (C=O) groups is 1. The second-order valence-electron chi connectivity index (χ2n) is 4.63. The Hall–Kier alpha value is -2.24. The highest BCUT2D eigenvalue weighted by molar-refractivity contribution is 5.90. The zero-order valence-corrected chi connectivity index (χ0v) is 10.3. The Kier molecular flexibility index (Phi) is 2.77. The third-order valence-corrected chi connectivity index (χ3v) is 2.95. The van der Waals surface area contributed by atoms with Crippen LogP contribution in [0.2, 0.25) is 0 Å². The van der Waals surface area contributed by atoms with Crippen LogP contribution in [0.1, 0.15) is 29.1 Å². The standard InChI is InChI=1S/C13H12FN3O2/c1-7-6-8(2-5-10(7)14)11-16-13(19-17-11)12(18)15-9-3-4-9/h2,5-6,9H,3-4H2,1H3,(H,15,18). The summed E-state index contributed by atoms with van der Waals surface area (Å²) in [6, 6.07) is 4.74. The van der Waals surface area contributed by atoms with E-state index >= 15 is 0 Å². The van der Waals surface area contributed by atoms with E-state index in [2.05, 4.69) is 15.5 Å². The summed E-state index contributed by atoms with van der Waals surface area (Å²) in [4.78, 5) is 15.7. The van der Waals surface area contributed by atoms with Crippen molar-refractivity contribution in [2.24, 2.45) is 0 Å². The summed E-state index contributed by atoms with van der Waals surface area (Å²) in [5.74, 6) is -0.438. The third-order valence-electron chi connectivity index (χ3n) is 2.95. The number of nitrogens with one attached hydrogen (secondary N) is 1. The molecule has 0 saturated heterocycles. The maximum Gasteiger partial charge on any atom is 0.316 e. The molecule has 6 heteroatoms. The van der Waals surface area contributed by atoms with E-state index in [1.807, 2.05) is 0 Å². The smallest absolute Gasteiger partial charge is 0.316 e. The summed E-state index contributed by atoms with van der Waals surface area (Å²) in [7, 11) is 0. The van der Waals surface area contributed by atoms with Crippen molar-refractivity contribution in [1.82, 2.24) is 15.5 Å². The van der Waals surface area contributed by atoms with Gasteiger partial charge in [-0.25, -0.2) is 4.39 Å². The first-order valence-electron chi connectivity index (χ1n) is 6.04. The molecule has 3 rings (SSSR count). The first-order valence-corrected chi connectivity index (χ1v) is 6.04. The lowest BCUT2D eigenvalue weighted by atomic mass is 10.1. The Morgan fingerprint density at radius 3 is 2.95 bits per heavy atom. The van der Waals surface area contributed by atoms with Crippen molar-refractivity contribution in [2.45, 2.75) is 25.8 Å². The van der Waals surface area contributed by atoms with Crippen LogP contribution in [-0.2, 0) is 0 Å². The van der Waals surface area contributed by atoms with Crippen LogP contribution in [-0.4, -0.2) is 22.1 Å². The fourth-order valence-electron chi connectivity index (χ4n) is 1.69. The molecule has 98 valence electrons. The molecule has 0 atom stereocenters. The van der Waals surface area contributed by atoms with E-state index in [0.29, 0.717) is 11.1 Å². The molecule has 1 saturated carbocycles. The van der Waals surface area contributed by atoms with Crippen molar-refractivity contribution < 1.29 is 13.7 Å². The van der Waals surface area contributed by atoms with Crippen LogP contribution in [0, 0.1) is 12.7 Å². The Morgan fingerprint density at radius 1 is 1.47 bits per heavy atom. The number of aromatic nitrogens is 2. The van der Waals surface area contributed by atoms with Gasteiger partial charge in [-0.15, -0.1) is 0 Å². The van der Waals surface area contributed by atoms with Crippen LogP contribution in [0.25, 0.3) is 11.4 Å². The lowest BCUT2D eigenvalue weighted by molar-refractivity contribution is 0.0907. The second-order valence-corrected chi connectivity index (χ2v) is 4.63. The quantitative estimate of drug-likeness (QED) is 0.918.